The summed E-state index contributed by atoms with van der Waals surface area (Å²) in [5, 5.41) is 13.4. The van der Waals surface area contributed by atoms with Crippen LogP contribution in [0.3, 0.4) is 0 Å². The van der Waals surface area contributed by atoms with Crippen molar-refractivity contribution in [3.8, 4) is 0 Å². The molecule has 0 atom stereocenters. The minimum absolute atomic E-state index is 0.162. The summed E-state index contributed by atoms with van der Waals surface area (Å²) < 4.78 is 1.76. The second kappa shape index (κ2) is 5.47. The van der Waals surface area contributed by atoms with E-state index in [4.69, 9.17) is 0 Å². The normalized spacial score (nSPS) is 10.3. The van der Waals surface area contributed by atoms with Crippen molar-refractivity contribution in [3.05, 3.63) is 35.5 Å². The smallest absolute Gasteiger partial charge is 0.251 e. The van der Waals surface area contributed by atoms with Crippen LogP contribution in [0.25, 0.3) is 0 Å². The van der Waals surface area contributed by atoms with Crippen LogP contribution in [0.2, 0.25) is 0 Å². The molecule has 0 bridgehead atoms. The van der Waals surface area contributed by atoms with E-state index in [1.807, 2.05) is 14.0 Å². The minimum atomic E-state index is -0.162. The molecule has 100 valence electrons. The topological polar surface area (TPSA) is 84.7 Å². The lowest BCUT2D eigenvalue weighted by molar-refractivity contribution is 0.0949. The highest BCUT2D eigenvalue weighted by atomic mass is 16.1. The van der Waals surface area contributed by atoms with Crippen molar-refractivity contribution in [1.82, 2.24) is 25.1 Å². The van der Waals surface area contributed by atoms with E-state index in [1.165, 1.54) is 0 Å². The molecule has 0 aliphatic heterocycles. The first kappa shape index (κ1) is 13.0. The first-order valence-electron chi connectivity index (χ1n) is 5.87. The number of hydrogen-bond donors (Lipinski definition) is 2. The van der Waals surface area contributed by atoms with Crippen LogP contribution in [0, 0.1) is 6.92 Å². The van der Waals surface area contributed by atoms with Gasteiger partial charge in [-0.3, -0.25) is 4.79 Å². The van der Waals surface area contributed by atoms with Crippen molar-refractivity contribution in [3.63, 3.8) is 0 Å². The summed E-state index contributed by atoms with van der Waals surface area (Å²) in [6.07, 6.45) is 1.59. The van der Waals surface area contributed by atoms with Gasteiger partial charge < -0.3 is 15.2 Å². The third-order valence-electron chi connectivity index (χ3n) is 2.68. The summed E-state index contributed by atoms with van der Waals surface area (Å²) in [7, 11) is 3.60. The zero-order valence-electron chi connectivity index (χ0n) is 11.1. The summed E-state index contributed by atoms with van der Waals surface area (Å²) >= 11 is 0. The fourth-order valence-corrected chi connectivity index (χ4v) is 1.66. The zero-order chi connectivity index (χ0) is 13.8. The lowest BCUT2D eigenvalue weighted by Crippen LogP contribution is -2.24. The van der Waals surface area contributed by atoms with Gasteiger partial charge in [0.1, 0.15) is 12.1 Å². The first-order valence-corrected chi connectivity index (χ1v) is 5.87. The third-order valence-corrected chi connectivity index (χ3v) is 2.68. The molecule has 0 radical (unpaired) electrons. The summed E-state index contributed by atoms with van der Waals surface area (Å²) in [6, 6.07) is 3.45. The maximum atomic E-state index is 12.0. The summed E-state index contributed by atoms with van der Waals surface area (Å²) in [4.78, 5) is 16.3. The highest BCUT2D eigenvalue weighted by Gasteiger charge is 2.09. The fraction of sp³-hybridized carbons (Fsp3) is 0.333. The molecule has 0 aliphatic rings. The van der Waals surface area contributed by atoms with Gasteiger partial charge in [-0.25, -0.2) is 4.98 Å². The van der Waals surface area contributed by atoms with Gasteiger partial charge >= 0.3 is 0 Å². The Morgan fingerprint density at radius 3 is 2.84 bits per heavy atom. The maximum Gasteiger partial charge on any atom is 0.251 e. The molecule has 19 heavy (non-hydrogen) atoms. The van der Waals surface area contributed by atoms with E-state index in [0.717, 1.165) is 5.69 Å². The Bertz CT molecular complexity index is 592. The van der Waals surface area contributed by atoms with E-state index in [0.29, 0.717) is 23.8 Å². The Kier molecular flexibility index (Phi) is 3.74. The molecule has 7 nitrogen and oxygen atoms in total. The average molecular weight is 260 g/mol. The molecule has 7 heteroatoms. The summed E-state index contributed by atoms with van der Waals surface area (Å²) in [5.41, 5.74) is 1.36. The van der Waals surface area contributed by atoms with E-state index in [-0.39, 0.29) is 5.91 Å². The number of aryl methyl sites for hydroxylation is 2. The summed E-state index contributed by atoms with van der Waals surface area (Å²) in [5.74, 6) is 1.21. The second-order valence-corrected chi connectivity index (χ2v) is 4.17. The lowest BCUT2D eigenvalue weighted by Gasteiger charge is -2.07. The largest absolute Gasteiger partial charge is 0.373 e. The molecule has 1 amide bonds. The van der Waals surface area contributed by atoms with E-state index in [9.17, 15) is 4.79 Å². The number of nitrogens with one attached hydrogen (secondary N) is 2. The Labute approximate surface area is 111 Å². The molecule has 2 N–H and O–H groups in total. The molecule has 2 rings (SSSR count). The summed E-state index contributed by atoms with van der Waals surface area (Å²) in [6.45, 7) is 2.19. The van der Waals surface area contributed by atoms with E-state index in [1.54, 1.807) is 30.1 Å². The number of carbonyl (C=O) groups is 1. The minimum Gasteiger partial charge on any atom is -0.373 e. The molecule has 0 aliphatic carbocycles. The molecular weight excluding hydrogens is 244 g/mol. The van der Waals surface area contributed by atoms with Gasteiger partial charge in [0.2, 0.25) is 0 Å². The van der Waals surface area contributed by atoms with Crippen LogP contribution in [0.15, 0.2) is 18.5 Å². The van der Waals surface area contributed by atoms with Crippen molar-refractivity contribution >= 4 is 11.7 Å². The first-order chi connectivity index (χ1) is 9.10. The quantitative estimate of drug-likeness (QED) is 0.835. The molecule has 0 saturated heterocycles. The Morgan fingerprint density at radius 2 is 2.21 bits per heavy atom. The van der Waals surface area contributed by atoms with Gasteiger partial charge in [-0.15, -0.1) is 10.2 Å². The molecule has 0 spiro atoms. The monoisotopic (exact) mass is 260 g/mol. The van der Waals surface area contributed by atoms with Gasteiger partial charge in [0.25, 0.3) is 5.91 Å². The number of hydrogen-bond acceptors (Lipinski definition) is 5. The van der Waals surface area contributed by atoms with Gasteiger partial charge in [0.15, 0.2) is 5.82 Å². The molecule has 0 fully saturated rings. The number of amides is 1. The molecule has 2 heterocycles. The van der Waals surface area contributed by atoms with Gasteiger partial charge in [0.05, 0.1) is 6.54 Å². The number of nitrogens with zero attached hydrogens (tertiary/aromatic N) is 4. The van der Waals surface area contributed by atoms with Crippen molar-refractivity contribution < 1.29 is 4.79 Å². The molecule has 0 unspecified atom stereocenters. The van der Waals surface area contributed by atoms with Crippen LogP contribution in [0.4, 0.5) is 5.82 Å². The predicted octanol–water partition coefficient (Wildman–Crippen LogP) is 0.490. The average Bonchev–Trinajstić information content (AvgIpc) is 2.80. The van der Waals surface area contributed by atoms with Crippen LogP contribution in [-0.4, -0.2) is 32.7 Å². The van der Waals surface area contributed by atoms with E-state index in [2.05, 4.69) is 25.8 Å². The molecule has 0 aromatic carbocycles. The molecular formula is C12H16N6O. The number of pyridine rings is 1. The predicted molar refractivity (Wildman–Crippen MR) is 70.7 cm³/mol. The lowest BCUT2D eigenvalue weighted by atomic mass is 10.2. The van der Waals surface area contributed by atoms with Crippen LogP contribution >= 0.6 is 0 Å². The highest BCUT2D eigenvalue weighted by molar-refractivity contribution is 5.94. The van der Waals surface area contributed by atoms with Gasteiger partial charge in [-0.2, -0.15) is 0 Å². The van der Waals surface area contributed by atoms with Crippen molar-refractivity contribution in [1.29, 1.82) is 0 Å². The maximum absolute atomic E-state index is 12.0. The van der Waals surface area contributed by atoms with Crippen molar-refractivity contribution in [2.45, 2.75) is 13.5 Å². The van der Waals surface area contributed by atoms with E-state index >= 15 is 0 Å². The number of aromatic nitrogens is 4. The fourth-order valence-electron chi connectivity index (χ4n) is 1.66. The number of anilines is 1. The molecule has 0 saturated carbocycles. The third kappa shape index (κ3) is 3.06. The van der Waals surface area contributed by atoms with Crippen LogP contribution in [0.1, 0.15) is 21.9 Å². The molecule has 2 aromatic rings. The van der Waals surface area contributed by atoms with Crippen LogP contribution in [0.5, 0.6) is 0 Å². The van der Waals surface area contributed by atoms with Crippen LogP contribution < -0.4 is 10.6 Å². The Morgan fingerprint density at radius 1 is 1.42 bits per heavy atom. The Hall–Kier alpha value is -2.44. The van der Waals surface area contributed by atoms with Crippen molar-refractivity contribution in [2.24, 2.45) is 7.05 Å². The molecule has 2 aromatic heterocycles. The second-order valence-electron chi connectivity index (χ2n) is 4.17. The van der Waals surface area contributed by atoms with Crippen LogP contribution in [-0.2, 0) is 13.6 Å². The number of rotatable bonds is 4. The number of carbonyl (C=O) groups excluding carboxylic acids is 1. The zero-order valence-corrected chi connectivity index (χ0v) is 11.1. The Balaban J connectivity index is 2.08. The van der Waals surface area contributed by atoms with Gasteiger partial charge in [-0.05, 0) is 19.1 Å². The SMILES string of the molecule is CNc1cc(C(=O)NCc2nncn2C)cc(C)n1. The van der Waals surface area contributed by atoms with Gasteiger partial charge in [-0.1, -0.05) is 0 Å². The highest BCUT2D eigenvalue weighted by Crippen LogP contribution is 2.09. The standard InChI is InChI=1S/C12H16N6O/c1-8-4-9(5-10(13-2)16-8)12(19)14-6-11-17-15-7-18(11)3/h4-5,7H,6H2,1-3H3,(H,13,16)(H,14,19). The van der Waals surface area contributed by atoms with Gasteiger partial charge in [0, 0.05) is 25.4 Å². The van der Waals surface area contributed by atoms with E-state index < -0.39 is 0 Å². The van der Waals surface area contributed by atoms with Crippen molar-refractivity contribution in [2.75, 3.05) is 12.4 Å².